The van der Waals surface area contributed by atoms with Gasteiger partial charge in [-0.3, -0.25) is 14.4 Å². The first-order valence-electron chi connectivity index (χ1n) is 11.2. The first kappa shape index (κ1) is 21.9. The molecule has 0 spiro atoms. The third-order valence-corrected chi connectivity index (χ3v) is 6.43. The zero-order chi connectivity index (χ0) is 22.7. The minimum atomic E-state index is -0.236. The van der Waals surface area contributed by atoms with Crippen LogP contribution in [0.2, 0.25) is 0 Å². The van der Waals surface area contributed by atoms with Crippen LogP contribution in [0, 0.1) is 12.8 Å². The largest absolute Gasteiger partial charge is 0.343 e. The van der Waals surface area contributed by atoms with Gasteiger partial charge < -0.3 is 15.1 Å². The van der Waals surface area contributed by atoms with Crippen molar-refractivity contribution in [1.29, 1.82) is 0 Å². The highest BCUT2D eigenvalue weighted by Crippen LogP contribution is 2.28. The number of aromatic nitrogens is 2. The summed E-state index contributed by atoms with van der Waals surface area (Å²) in [5, 5.41) is 2.86. The van der Waals surface area contributed by atoms with E-state index in [0.717, 1.165) is 24.9 Å². The highest BCUT2D eigenvalue weighted by Gasteiger charge is 2.34. The minimum Gasteiger partial charge on any atom is -0.343 e. The van der Waals surface area contributed by atoms with Crippen LogP contribution in [0.15, 0.2) is 36.5 Å². The molecule has 0 bridgehead atoms. The molecule has 3 amide bonds. The number of piperidine rings is 1. The maximum Gasteiger partial charge on any atom is 0.259 e. The minimum absolute atomic E-state index is 0.0175. The van der Waals surface area contributed by atoms with Crippen molar-refractivity contribution in [2.24, 2.45) is 5.92 Å². The van der Waals surface area contributed by atoms with Gasteiger partial charge in [0.15, 0.2) is 0 Å². The maximum atomic E-state index is 13.0. The molecule has 8 heteroatoms. The van der Waals surface area contributed by atoms with Gasteiger partial charge in [0.25, 0.3) is 5.91 Å². The highest BCUT2D eigenvalue weighted by atomic mass is 16.2. The lowest BCUT2D eigenvalue weighted by Crippen LogP contribution is -2.43. The van der Waals surface area contributed by atoms with Crippen LogP contribution in [-0.2, 0) is 9.59 Å². The van der Waals surface area contributed by atoms with Crippen LogP contribution >= 0.6 is 0 Å². The van der Waals surface area contributed by atoms with Crippen LogP contribution in [0.5, 0.6) is 0 Å². The number of nitrogens with one attached hydrogen (secondary N) is 1. The zero-order valence-electron chi connectivity index (χ0n) is 18.6. The summed E-state index contributed by atoms with van der Waals surface area (Å²) in [6, 6.07) is 9.28. The van der Waals surface area contributed by atoms with E-state index in [0.29, 0.717) is 43.3 Å². The molecule has 1 N–H and O–H groups in total. The standard InChI is InChI=1S/C24H29N5O3/c1-16-21(23(31)27-20-6-4-3-5-7-20)14-25-22(26-16)19-10-13-29(15-19)24(32)18-8-11-28(12-9-18)17(2)30/h3-7,14,18-19H,8-13,15H2,1-2H3,(H,27,31)/t19-/m1/s1. The Morgan fingerprint density at radius 3 is 2.34 bits per heavy atom. The topological polar surface area (TPSA) is 95.5 Å². The molecule has 2 fully saturated rings. The number of carbonyl (C=O) groups excluding carboxylic acids is 3. The lowest BCUT2D eigenvalue weighted by molar-refractivity contribution is -0.139. The second-order valence-electron chi connectivity index (χ2n) is 8.60. The first-order valence-corrected chi connectivity index (χ1v) is 11.2. The molecule has 2 aliphatic heterocycles. The Kier molecular flexibility index (Phi) is 6.48. The molecule has 2 aromatic rings. The molecule has 0 aliphatic carbocycles. The third-order valence-electron chi connectivity index (χ3n) is 6.43. The van der Waals surface area contributed by atoms with Crippen LogP contribution in [0.4, 0.5) is 5.69 Å². The molecule has 0 saturated carbocycles. The van der Waals surface area contributed by atoms with E-state index in [9.17, 15) is 14.4 Å². The van der Waals surface area contributed by atoms with Gasteiger partial charge in [0.1, 0.15) is 5.82 Å². The maximum absolute atomic E-state index is 13.0. The van der Waals surface area contributed by atoms with E-state index in [4.69, 9.17) is 0 Å². The van der Waals surface area contributed by atoms with Crippen LogP contribution in [0.25, 0.3) is 0 Å². The number of hydrogen-bond donors (Lipinski definition) is 1. The van der Waals surface area contributed by atoms with Crippen molar-refractivity contribution in [3.8, 4) is 0 Å². The van der Waals surface area contributed by atoms with Gasteiger partial charge in [-0.05, 0) is 38.3 Å². The van der Waals surface area contributed by atoms with Crippen LogP contribution in [0.3, 0.4) is 0 Å². The average molecular weight is 436 g/mol. The molecule has 8 nitrogen and oxygen atoms in total. The lowest BCUT2D eigenvalue weighted by Gasteiger charge is -2.32. The summed E-state index contributed by atoms with van der Waals surface area (Å²) in [6.45, 7) is 5.98. The quantitative estimate of drug-likeness (QED) is 0.797. The number of aryl methyl sites for hydroxylation is 1. The Hall–Kier alpha value is -3.29. The van der Waals surface area contributed by atoms with Crippen molar-refractivity contribution in [2.75, 3.05) is 31.5 Å². The number of rotatable bonds is 4. The number of nitrogens with zero attached hydrogens (tertiary/aromatic N) is 4. The Morgan fingerprint density at radius 2 is 1.69 bits per heavy atom. The summed E-state index contributed by atoms with van der Waals surface area (Å²) >= 11 is 0. The molecule has 2 saturated heterocycles. The van der Waals surface area contributed by atoms with Crippen molar-refractivity contribution in [1.82, 2.24) is 19.8 Å². The molecule has 2 aliphatic rings. The van der Waals surface area contributed by atoms with E-state index in [-0.39, 0.29) is 29.6 Å². The van der Waals surface area contributed by atoms with E-state index >= 15 is 0 Å². The van der Waals surface area contributed by atoms with E-state index in [2.05, 4.69) is 15.3 Å². The van der Waals surface area contributed by atoms with Crippen molar-refractivity contribution < 1.29 is 14.4 Å². The number of amides is 3. The monoisotopic (exact) mass is 435 g/mol. The zero-order valence-corrected chi connectivity index (χ0v) is 18.6. The predicted molar refractivity (Wildman–Crippen MR) is 120 cm³/mol. The van der Waals surface area contributed by atoms with Gasteiger partial charge in [0, 0.05) is 56.8 Å². The van der Waals surface area contributed by atoms with Crippen LogP contribution in [0.1, 0.15) is 54.0 Å². The molecular formula is C24H29N5O3. The summed E-state index contributed by atoms with van der Waals surface area (Å²) in [5.74, 6) is 0.745. The molecule has 4 rings (SSSR count). The molecule has 0 unspecified atom stereocenters. The lowest BCUT2D eigenvalue weighted by atomic mass is 9.95. The Balaban J connectivity index is 1.36. The third kappa shape index (κ3) is 4.79. The van der Waals surface area contributed by atoms with Gasteiger partial charge >= 0.3 is 0 Å². The molecule has 32 heavy (non-hydrogen) atoms. The van der Waals surface area contributed by atoms with Crippen LogP contribution < -0.4 is 5.32 Å². The van der Waals surface area contributed by atoms with Crippen molar-refractivity contribution >= 4 is 23.4 Å². The second kappa shape index (κ2) is 9.46. The second-order valence-corrected chi connectivity index (χ2v) is 8.60. The fourth-order valence-corrected chi connectivity index (χ4v) is 4.50. The van der Waals surface area contributed by atoms with Gasteiger partial charge in [-0.1, -0.05) is 18.2 Å². The predicted octanol–water partition coefficient (Wildman–Crippen LogP) is 2.61. The SMILES string of the molecule is CC(=O)N1CCC(C(=O)N2CC[C@@H](c3ncc(C(=O)Nc4ccccc4)c(C)n3)C2)CC1. The number of para-hydroxylation sites is 1. The van der Waals surface area contributed by atoms with Crippen molar-refractivity contribution in [3.05, 3.63) is 53.6 Å². The summed E-state index contributed by atoms with van der Waals surface area (Å²) in [6.07, 6.45) is 3.84. The van der Waals surface area contributed by atoms with Gasteiger partial charge in [0.2, 0.25) is 11.8 Å². The number of carbonyl (C=O) groups is 3. The molecule has 168 valence electrons. The fraction of sp³-hybridized carbons (Fsp3) is 0.458. The molecule has 1 aromatic heterocycles. The molecule has 3 heterocycles. The van der Waals surface area contributed by atoms with E-state index in [1.807, 2.05) is 47.1 Å². The molecule has 0 radical (unpaired) electrons. The number of anilines is 1. The number of hydrogen-bond acceptors (Lipinski definition) is 5. The van der Waals surface area contributed by atoms with Crippen molar-refractivity contribution in [3.63, 3.8) is 0 Å². The van der Waals surface area contributed by atoms with E-state index in [1.165, 1.54) is 0 Å². The van der Waals surface area contributed by atoms with Gasteiger partial charge in [-0.2, -0.15) is 0 Å². The van der Waals surface area contributed by atoms with E-state index in [1.54, 1.807) is 13.1 Å². The Bertz CT molecular complexity index is 1000. The summed E-state index contributed by atoms with van der Waals surface area (Å²) in [5.41, 5.74) is 1.80. The first-order chi connectivity index (χ1) is 15.4. The molecular weight excluding hydrogens is 406 g/mol. The average Bonchev–Trinajstić information content (AvgIpc) is 3.29. The fourth-order valence-electron chi connectivity index (χ4n) is 4.50. The normalized spacial score (nSPS) is 19.1. The highest BCUT2D eigenvalue weighted by molar-refractivity contribution is 6.04. The molecule has 1 aromatic carbocycles. The van der Waals surface area contributed by atoms with E-state index < -0.39 is 0 Å². The summed E-state index contributed by atoms with van der Waals surface area (Å²) in [4.78, 5) is 49.8. The Labute approximate surface area is 188 Å². The number of likely N-dealkylation sites (tertiary alicyclic amines) is 2. The van der Waals surface area contributed by atoms with Gasteiger partial charge in [-0.15, -0.1) is 0 Å². The van der Waals surface area contributed by atoms with Crippen molar-refractivity contribution in [2.45, 2.75) is 39.0 Å². The molecule has 1 atom stereocenters. The Morgan fingerprint density at radius 1 is 1.00 bits per heavy atom. The summed E-state index contributed by atoms with van der Waals surface area (Å²) in [7, 11) is 0. The van der Waals surface area contributed by atoms with Crippen LogP contribution in [-0.4, -0.2) is 63.7 Å². The number of benzene rings is 1. The van der Waals surface area contributed by atoms with Gasteiger partial charge in [-0.25, -0.2) is 9.97 Å². The smallest absolute Gasteiger partial charge is 0.259 e. The van der Waals surface area contributed by atoms with Gasteiger partial charge in [0.05, 0.1) is 11.3 Å². The summed E-state index contributed by atoms with van der Waals surface area (Å²) < 4.78 is 0.